The molecule has 3 rings (SSSR count). The second-order valence-corrected chi connectivity index (χ2v) is 11.9. The Morgan fingerprint density at radius 1 is 1.07 bits per heavy atom. The molecule has 1 aromatic heterocycles. The number of oxazole rings is 1. The minimum absolute atomic E-state index is 0.114. The first-order chi connectivity index (χ1) is 14.0. The maximum Gasteiger partial charge on any atom is 0.412 e. The molecule has 164 valence electrons. The van der Waals surface area contributed by atoms with Gasteiger partial charge in [0, 0.05) is 12.2 Å². The molecule has 1 N–H and O–H groups in total. The summed E-state index contributed by atoms with van der Waals surface area (Å²) in [7, 11) is -8.52. The van der Waals surface area contributed by atoms with E-state index in [9.17, 15) is 21.4 Å². The summed E-state index contributed by atoms with van der Waals surface area (Å²) in [5.41, 5.74) is 1.39. The molecule has 8 nitrogen and oxygen atoms in total. The molecular formula is C19H23NO7S3. The maximum atomic E-state index is 11.3. The first-order valence-electron chi connectivity index (χ1n) is 9.36. The van der Waals surface area contributed by atoms with Gasteiger partial charge in [-0.15, -0.1) is 4.57 Å². The van der Waals surface area contributed by atoms with E-state index in [0.29, 0.717) is 16.6 Å². The van der Waals surface area contributed by atoms with E-state index >= 15 is 0 Å². The number of thioether (sulfide) groups is 1. The largest absolute Gasteiger partial charge is 0.748 e. The minimum atomic E-state index is -4.40. The maximum absolute atomic E-state index is 11.3. The molecule has 30 heavy (non-hydrogen) atoms. The average Bonchev–Trinajstić information content (AvgIpc) is 3.02. The standard InChI is InChI=1S/C19H23NO7S3/c1-13(29(21,22)23)9-11-20-18-16-6-4-3-5-15(16)7-8-17(18)27-19(20)28-12-10-14(2)30(24,25)26/h3-8,13-14H,9-12H2,1-2H3,(H-,21,22,23,24,25,26). The zero-order valence-corrected chi connectivity index (χ0v) is 19.0. The van der Waals surface area contributed by atoms with Gasteiger partial charge in [0.25, 0.3) is 15.6 Å². The van der Waals surface area contributed by atoms with Crippen LogP contribution in [0.25, 0.3) is 21.9 Å². The molecule has 11 heteroatoms. The van der Waals surface area contributed by atoms with E-state index in [4.69, 9.17) is 8.97 Å². The lowest BCUT2D eigenvalue weighted by Crippen LogP contribution is -2.37. The highest BCUT2D eigenvalue weighted by Gasteiger charge is 2.27. The van der Waals surface area contributed by atoms with Crippen molar-refractivity contribution in [3.05, 3.63) is 36.4 Å². The number of aromatic nitrogens is 1. The number of rotatable bonds is 9. The molecule has 2 atom stereocenters. The molecule has 1 heterocycles. The second kappa shape index (κ2) is 8.83. The van der Waals surface area contributed by atoms with E-state index < -0.39 is 30.7 Å². The molecule has 0 fully saturated rings. The number of benzene rings is 2. The van der Waals surface area contributed by atoms with E-state index in [0.717, 1.165) is 16.3 Å². The van der Waals surface area contributed by atoms with Gasteiger partial charge in [-0.05, 0) is 49.5 Å². The normalized spacial score (nSPS) is 14.9. The summed E-state index contributed by atoms with van der Waals surface area (Å²) in [5, 5.41) is 0.436. The van der Waals surface area contributed by atoms with Crippen molar-refractivity contribution in [2.24, 2.45) is 0 Å². The third-order valence-electron chi connectivity index (χ3n) is 5.06. The molecule has 0 aliphatic rings. The first-order valence-corrected chi connectivity index (χ1v) is 13.3. The molecule has 2 aromatic carbocycles. The molecule has 0 spiro atoms. The van der Waals surface area contributed by atoms with Crippen molar-refractivity contribution in [1.82, 2.24) is 0 Å². The van der Waals surface area contributed by atoms with Crippen LogP contribution in [0.15, 0.2) is 46.0 Å². The molecule has 0 bridgehead atoms. The van der Waals surface area contributed by atoms with Gasteiger partial charge in [-0.3, -0.25) is 4.55 Å². The fourth-order valence-corrected chi connectivity index (χ4v) is 5.16. The highest BCUT2D eigenvalue weighted by molar-refractivity contribution is 7.99. The van der Waals surface area contributed by atoms with Gasteiger partial charge in [0.1, 0.15) is 0 Å². The molecule has 0 amide bonds. The van der Waals surface area contributed by atoms with Crippen LogP contribution in [0.2, 0.25) is 0 Å². The molecule has 0 saturated carbocycles. The van der Waals surface area contributed by atoms with Crippen LogP contribution >= 0.6 is 11.8 Å². The lowest BCUT2D eigenvalue weighted by molar-refractivity contribution is -0.716. The first kappa shape index (κ1) is 23.0. The van der Waals surface area contributed by atoms with E-state index in [-0.39, 0.29) is 19.4 Å². The number of fused-ring (bicyclic) bond motifs is 3. The quantitative estimate of drug-likeness (QED) is 0.285. The van der Waals surface area contributed by atoms with Gasteiger partial charge in [-0.1, -0.05) is 24.3 Å². The van der Waals surface area contributed by atoms with Crippen LogP contribution in [0.5, 0.6) is 0 Å². The monoisotopic (exact) mass is 473 g/mol. The predicted octanol–water partition coefficient (Wildman–Crippen LogP) is 2.96. The van der Waals surface area contributed by atoms with Crippen molar-refractivity contribution in [2.75, 3.05) is 5.75 Å². The summed E-state index contributed by atoms with van der Waals surface area (Å²) in [5.74, 6) is 0.369. The van der Waals surface area contributed by atoms with Crippen LogP contribution in [-0.4, -0.2) is 42.2 Å². The second-order valence-electron chi connectivity index (χ2n) is 7.21. The number of nitrogens with zero attached hydrogens (tertiary/aromatic N) is 1. The fourth-order valence-electron chi connectivity index (χ4n) is 3.06. The highest BCUT2D eigenvalue weighted by atomic mass is 32.2. The summed E-state index contributed by atoms with van der Waals surface area (Å²) >= 11 is 1.28. The van der Waals surface area contributed by atoms with Crippen molar-refractivity contribution >= 4 is 53.9 Å². The SMILES string of the molecule is CC(CC[n+]1c(SCCC(C)S(=O)(=O)O)oc2ccc3ccccc3c21)S(=O)(=O)[O-]. The van der Waals surface area contributed by atoms with E-state index in [1.54, 1.807) is 0 Å². The lowest BCUT2D eigenvalue weighted by atomic mass is 10.1. The third kappa shape index (κ3) is 5.14. The lowest BCUT2D eigenvalue weighted by Gasteiger charge is -2.13. The van der Waals surface area contributed by atoms with Gasteiger partial charge < -0.3 is 8.97 Å². The number of hydrogen-bond acceptors (Lipinski definition) is 7. The minimum Gasteiger partial charge on any atom is -0.748 e. The van der Waals surface area contributed by atoms with Gasteiger partial charge in [0.15, 0.2) is 6.54 Å². The Hall–Kier alpha value is -1.66. The molecular weight excluding hydrogens is 450 g/mol. The molecule has 0 radical (unpaired) electrons. The summed E-state index contributed by atoms with van der Waals surface area (Å²) < 4.78 is 73.4. The Morgan fingerprint density at radius 2 is 1.77 bits per heavy atom. The summed E-state index contributed by atoms with van der Waals surface area (Å²) in [6.07, 6.45) is 0.329. The van der Waals surface area contributed by atoms with E-state index in [1.165, 1.54) is 25.6 Å². The van der Waals surface area contributed by atoms with Crippen LogP contribution in [0, 0.1) is 0 Å². The van der Waals surface area contributed by atoms with Crippen LogP contribution in [0.4, 0.5) is 0 Å². The molecule has 2 unspecified atom stereocenters. The van der Waals surface area contributed by atoms with Gasteiger partial charge >= 0.3 is 5.22 Å². The van der Waals surface area contributed by atoms with E-state index in [1.807, 2.05) is 41.0 Å². The van der Waals surface area contributed by atoms with E-state index in [2.05, 4.69) is 0 Å². The third-order valence-corrected chi connectivity index (χ3v) is 8.53. The summed E-state index contributed by atoms with van der Waals surface area (Å²) in [6, 6.07) is 11.4. The summed E-state index contributed by atoms with van der Waals surface area (Å²) in [4.78, 5) is 0. The Kier molecular flexibility index (Phi) is 6.78. The Bertz CT molecular complexity index is 1270. The Morgan fingerprint density at radius 3 is 2.43 bits per heavy atom. The van der Waals surface area contributed by atoms with Crippen molar-refractivity contribution in [2.45, 2.75) is 49.0 Å². The van der Waals surface area contributed by atoms with Crippen molar-refractivity contribution in [3.63, 3.8) is 0 Å². The molecule has 3 aromatic rings. The average molecular weight is 474 g/mol. The number of hydrogen-bond donors (Lipinski definition) is 1. The van der Waals surface area contributed by atoms with Crippen LogP contribution in [0.3, 0.4) is 0 Å². The van der Waals surface area contributed by atoms with Crippen molar-refractivity contribution < 1.29 is 34.9 Å². The number of aryl methyl sites for hydroxylation is 1. The summed E-state index contributed by atoms with van der Waals surface area (Å²) in [6.45, 7) is 3.06. The van der Waals surface area contributed by atoms with Crippen LogP contribution in [-0.2, 0) is 26.8 Å². The van der Waals surface area contributed by atoms with Gasteiger partial charge in [0.2, 0.25) is 5.58 Å². The molecule has 0 aliphatic carbocycles. The van der Waals surface area contributed by atoms with Gasteiger partial charge in [-0.2, -0.15) is 8.42 Å². The van der Waals surface area contributed by atoms with Crippen molar-refractivity contribution in [1.29, 1.82) is 0 Å². The Labute approximate surface area is 179 Å². The smallest absolute Gasteiger partial charge is 0.412 e. The fraction of sp³-hybridized carbons (Fsp3) is 0.421. The zero-order chi connectivity index (χ0) is 22.1. The van der Waals surface area contributed by atoms with Crippen LogP contribution in [0.1, 0.15) is 26.7 Å². The highest BCUT2D eigenvalue weighted by Crippen LogP contribution is 2.29. The Balaban J connectivity index is 1.97. The topological polar surface area (TPSA) is 129 Å². The van der Waals surface area contributed by atoms with Crippen molar-refractivity contribution in [3.8, 4) is 0 Å². The van der Waals surface area contributed by atoms with Gasteiger partial charge in [0.05, 0.1) is 26.0 Å². The van der Waals surface area contributed by atoms with Gasteiger partial charge in [-0.25, -0.2) is 8.42 Å². The molecule has 0 aliphatic heterocycles. The predicted molar refractivity (Wildman–Crippen MR) is 114 cm³/mol. The zero-order valence-electron chi connectivity index (χ0n) is 16.5. The molecule has 0 saturated heterocycles. The van der Waals surface area contributed by atoms with Crippen LogP contribution < -0.4 is 4.57 Å².